The van der Waals surface area contributed by atoms with Gasteiger partial charge in [0.1, 0.15) is 17.2 Å². The number of carbonyl (C=O) groups is 2. The van der Waals surface area contributed by atoms with Crippen molar-refractivity contribution in [3.05, 3.63) is 50.9 Å². The number of benzene rings is 1. The summed E-state index contributed by atoms with van der Waals surface area (Å²) in [5.41, 5.74) is 6.89. The Morgan fingerprint density at radius 2 is 2.04 bits per heavy atom. The molecule has 1 fully saturated rings. The lowest BCUT2D eigenvalue weighted by Gasteiger charge is -2.34. The van der Waals surface area contributed by atoms with Crippen LogP contribution in [0.1, 0.15) is 21.1 Å². The van der Waals surface area contributed by atoms with Crippen molar-refractivity contribution in [3.63, 3.8) is 0 Å². The van der Waals surface area contributed by atoms with Gasteiger partial charge in [0, 0.05) is 36.6 Å². The van der Waals surface area contributed by atoms with E-state index in [1.807, 2.05) is 12.1 Å². The van der Waals surface area contributed by atoms with Crippen LogP contribution in [0.15, 0.2) is 29.6 Å². The van der Waals surface area contributed by atoms with Gasteiger partial charge in [-0.3, -0.25) is 9.59 Å². The van der Waals surface area contributed by atoms with Gasteiger partial charge in [-0.15, -0.1) is 11.3 Å². The summed E-state index contributed by atoms with van der Waals surface area (Å²) in [6.45, 7) is 1.90. The normalized spacial score (nSPS) is 15.0. The maximum absolute atomic E-state index is 12.4. The molecule has 8 heteroatoms. The van der Waals surface area contributed by atoms with E-state index in [1.54, 1.807) is 22.4 Å². The Morgan fingerprint density at radius 3 is 2.67 bits per heavy atom. The highest BCUT2D eigenvalue weighted by molar-refractivity contribution is 7.09. The molecule has 0 saturated carbocycles. The van der Waals surface area contributed by atoms with E-state index in [4.69, 9.17) is 17.3 Å². The van der Waals surface area contributed by atoms with E-state index >= 15 is 0 Å². The lowest BCUT2D eigenvalue weighted by atomic mass is 10.2. The first-order chi connectivity index (χ1) is 11.6. The largest absolute Gasteiger partial charge is 0.335 e. The third-order valence-corrected chi connectivity index (χ3v) is 4.96. The minimum atomic E-state index is -0.217. The van der Waals surface area contributed by atoms with Gasteiger partial charge in [0.05, 0.1) is 0 Å². The first-order valence-electron chi connectivity index (χ1n) is 7.53. The molecule has 1 aliphatic rings. The second-order valence-electron chi connectivity index (χ2n) is 5.50. The zero-order chi connectivity index (χ0) is 17.1. The van der Waals surface area contributed by atoms with Gasteiger partial charge in [-0.05, 0) is 17.7 Å². The minimum absolute atomic E-state index is 0.0705. The van der Waals surface area contributed by atoms with Crippen LogP contribution in [0.4, 0.5) is 0 Å². The second-order valence-corrected chi connectivity index (χ2v) is 6.88. The highest BCUT2D eigenvalue weighted by Crippen LogP contribution is 2.16. The van der Waals surface area contributed by atoms with Crippen molar-refractivity contribution in [1.29, 1.82) is 0 Å². The van der Waals surface area contributed by atoms with E-state index in [1.165, 1.54) is 16.2 Å². The van der Waals surface area contributed by atoms with Crippen LogP contribution in [-0.2, 0) is 17.9 Å². The van der Waals surface area contributed by atoms with E-state index < -0.39 is 0 Å². The fourth-order valence-electron chi connectivity index (χ4n) is 2.52. The number of aromatic nitrogens is 1. The number of hydrogen-bond donors (Lipinski definition) is 1. The number of carbonyl (C=O) groups excluding carboxylic acids is 2. The van der Waals surface area contributed by atoms with Crippen LogP contribution in [-0.4, -0.2) is 46.2 Å². The highest BCUT2D eigenvalue weighted by Gasteiger charge is 2.28. The first-order valence-corrected chi connectivity index (χ1v) is 8.78. The summed E-state index contributed by atoms with van der Waals surface area (Å²) < 4.78 is 0. The molecule has 0 bridgehead atoms. The number of piperazine rings is 1. The van der Waals surface area contributed by atoms with Crippen molar-refractivity contribution < 1.29 is 9.59 Å². The second kappa shape index (κ2) is 7.29. The van der Waals surface area contributed by atoms with Gasteiger partial charge >= 0.3 is 0 Å². The molecule has 0 aliphatic carbocycles. The van der Waals surface area contributed by atoms with E-state index in [0.717, 1.165) is 5.56 Å². The molecule has 3 rings (SSSR count). The zero-order valence-electron chi connectivity index (χ0n) is 12.9. The van der Waals surface area contributed by atoms with Crippen molar-refractivity contribution in [1.82, 2.24) is 14.8 Å². The third kappa shape index (κ3) is 3.75. The minimum Gasteiger partial charge on any atom is -0.335 e. The van der Waals surface area contributed by atoms with Crippen molar-refractivity contribution in [2.24, 2.45) is 5.73 Å². The van der Waals surface area contributed by atoms with Gasteiger partial charge in [-0.1, -0.05) is 23.7 Å². The smallest absolute Gasteiger partial charge is 0.273 e. The molecule has 2 amide bonds. The number of amides is 2. The summed E-state index contributed by atoms with van der Waals surface area (Å²) >= 11 is 7.23. The van der Waals surface area contributed by atoms with Crippen LogP contribution in [0.2, 0.25) is 5.02 Å². The lowest BCUT2D eigenvalue weighted by molar-refractivity contribution is -0.135. The molecular formula is C16H17ClN4O2S. The molecule has 0 unspecified atom stereocenters. The van der Waals surface area contributed by atoms with E-state index in [9.17, 15) is 9.59 Å². The van der Waals surface area contributed by atoms with Gasteiger partial charge in [0.25, 0.3) is 5.91 Å². The molecule has 1 saturated heterocycles. The van der Waals surface area contributed by atoms with Gasteiger partial charge in [-0.25, -0.2) is 4.98 Å². The summed E-state index contributed by atoms with van der Waals surface area (Å²) in [5, 5.41) is 3.07. The SMILES string of the molecule is NCc1nc(C(=O)N2CCN(Cc3ccc(Cl)cc3)C(=O)C2)cs1. The Labute approximate surface area is 148 Å². The van der Waals surface area contributed by atoms with E-state index in [-0.39, 0.29) is 18.4 Å². The third-order valence-electron chi connectivity index (χ3n) is 3.84. The van der Waals surface area contributed by atoms with Gasteiger partial charge in [-0.2, -0.15) is 0 Å². The van der Waals surface area contributed by atoms with Crippen molar-refractivity contribution in [2.75, 3.05) is 19.6 Å². The average molecular weight is 365 g/mol. The number of halogens is 1. The molecule has 2 N–H and O–H groups in total. The number of rotatable bonds is 4. The van der Waals surface area contributed by atoms with Crippen molar-refractivity contribution in [2.45, 2.75) is 13.1 Å². The average Bonchev–Trinajstić information content (AvgIpc) is 3.07. The van der Waals surface area contributed by atoms with E-state index in [2.05, 4.69) is 4.98 Å². The Morgan fingerprint density at radius 1 is 1.29 bits per heavy atom. The Hall–Kier alpha value is -1.96. The molecule has 0 atom stereocenters. The summed E-state index contributed by atoms with van der Waals surface area (Å²) in [6.07, 6.45) is 0. The summed E-state index contributed by atoms with van der Waals surface area (Å²) in [7, 11) is 0. The molecule has 6 nitrogen and oxygen atoms in total. The summed E-state index contributed by atoms with van der Waals surface area (Å²) in [5.74, 6) is -0.288. The van der Waals surface area contributed by atoms with Crippen LogP contribution in [0.3, 0.4) is 0 Å². The number of nitrogens with zero attached hydrogens (tertiary/aromatic N) is 3. The van der Waals surface area contributed by atoms with Crippen LogP contribution in [0, 0.1) is 0 Å². The van der Waals surface area contributed by atoms with Gasteiger partial charge < -0.3 is 15.5 Å². The van der Waals surface area contributed by atoms with Gasteiger partial charge in [0.15, 0.2) is 0 Å². The molecular weight excluding hydrogens is 348 g/mol. The fourth-order valence-corrected chi connectivity index (χ4v) is 3.30. The molecule has 1 aromatic carbocycles. The number of thiazole rings is 1. The molecule has 1 aromatic heterocycles. The molecule has 2 aromatic rings. The standard InChI is InChI=1S/C16H17ClN4O2S/c17-12-3-1-11(2-4-12)8-20-5-6-21(9-15(20)22)16(23)13-10-24-14(7-18)19-13/h1-4,10H,5-9,18H2. The van der Waals surface area contributed by atoms with Gasteiger partial charge in [0.2, 0.25) is 5.91 Å². The molecule has 24 heavy (non-hydrogen) atoms. The zero-order valence-corrected chi connectivity index (χ0v) is 14.5. The summed E-state index contributed by atoms with van der Waals surface area (Å²) in [6, 6.07) is 7.41. The van der Waals surface area contributed by atoms with E-state index in [0.29, 0.717) is 41.9 Å². The Balaban J connectivity index is 1.61. The first kappa shape index (κ1) is 16.9. The van der Waals surface area contributed by atoms with Crippen LogP contribution < -0.4 is 5.73 Å². The molecule has 0 spiro atoms. The fraction of sp³-hybridized carbons (Fsp3) is 0.312. The topological polar surface area (TPSA) is 79.5 Å². The molecule has 1 aliphatic heterocycles. The number of hydrogen-bond acceptors (Lipinski definition) is 5. The van der Waals surface area contributed by atoms with Crippen LogP contribution in [0.25, 0.3) is 0 Å². The number of nitrogens with two attached hydrogens (primary N) is 1. The predicted octanol–water partition coefficient (Wildman–Crippen LogP) is 1.74. The van der Waals surface area contributed by atoms with Crippen molar-refractivity contribution in [3.8, 4) is 0 Å². The Kier molecular flexibility index (Phi) is 5.13. The molecule has 126 valence electrons. The highest BCUT2D eigenvalue weighted by atomic mass is 35.5. The molecule has 0 radical (unpaired) electrons. The monoisotopic (exact) mass is 364 g/mol. The van der Waals surface area contributed by atoms with Crippen LogP contribution in [0.5, 0.6) is 0 Å². The lowest BCUT2D eigenvalue weighted by Crippen LogP contribution is -2.51. The predicted molar refractivity (Wildman–Crippen MR) is 92.8 cm³/mol. The Bertz CT molecular complexity index is 747. The maximum atomic E-state index is 12.4. The van der Waals surface area contributed by atoms with Crippen LogP contribution >= 0.6 is 22.9 Å². The quantitative estimate of drug-likeness (QED) is 0.896. The molecule has 2 heterocycles. The summed E-state index contributed by atoms with van der Waals surface area (Å²) in [4.78, 5) is 32.2. The van der Waals surface area contributed by atoms with Crippen molar-refractivity contribution >= 4 is 34.8 Å². The maximum Gasteiger partial charge on any atom is 0.273 e.